The molecule has 0 saturated carbocycles. The third-order valence-corrected chi connectivity index (χ3v) is 2.85. The van der Waals surface area contributed by atoms with Crippen LogP contribution in [-0.4, -0.2) is 33.7 Å². The number of hydrogen-bond acceptors (Lipinski definition) is 4. The van der Waals surface area contributed by atoms with E-state index in [0.29, 0.717) is 5.96 Å². The Kier molecular flexibility index (Phi) is 2.38. The summed E-state index contributed by atoms with van der Waals surface area (Å²) in [6, 6.07) is 0.267. The highest BCUT2D eigenvalue weighted by atomic mass is 15.3. The molecular formula is C10H17N5. The highest BCUT2D eigenvalue weighted by Gasteiger charge is 2.28. The van der Waals surface area contributed by atoms with Crippen molar-refractivity contribution >= 4 is 5.96 Å². The lowest BCUT2D eigenvalue weighted by Gasteiger charge is -2.24. The zero-order chi connectivity index (χ0) is 11.0. The normalized spacial score (nSPS) is 20.9. The van der Waals surface area contributed by atoms with Gasteiger partial charge in [-0.3, -0.25) is 9.67 Å². The summed E-state index contributed by atoms with van der Waals surface area (Å²) in [7, 11) is 1.94. The fraction of sp³-hybridized carbons (Fsp3) is 0.600. The van der Waals surface area contributed by atoms with Crippen LogP contribution in [0.3, 0.4) is 0 Å². The number of nitrogens with two attached hydrogens (primary N) is 1. The average molecular weight is 207 g/mol. The largest absolute Gasteiger partial charge is 0.370 e. The fourth-order valence-corrected chi connectivity index (χ4v) is 2.12. The molecule has 1 atom stereocenters. The molecule has 1 aliphatic rings. The van der Waals surface area contributed by atoms with E-state index in [1.165, 1.54) is 5.56 Å². The van der Waals surface area contributed by atoms with E-state index in [1.807, 2.05) is 18.7 Å². The number of hydrogen-bond donors (Lipinski definition) is 1. The van der Waals surface area contributed by atoms with E-state index in [4.69, 9.17) is 5.73 Å². The number of likely N-dealkylation sites (N-methyl/N-ethyl adjacent to an activating group) is 1. The van der Waals surface area contributed by atoms with Crippen LogP contribution in [0.1, 0.15) is 24.2 Å². The van der Waals surface area contributed by atoms with E-state index >= 15 is 0 Å². The molecule has 0 saturated heterocycles. The van der Waals surface area contributed by atoms with Gasteiger partial charge < -0.3 is 10.6 Å². The predicted octanol–water partition coefficient (Wildman–Crippen LogP) is 0.420. The second-order valence-electron chi connectivity index (χ2n) is 3.84. The smallest absolute Gasteiger partial charge is 0.191 e. The molecular weight excluding hydrogens is 190 g/mol. The second-order valence-corrected chi connectivity index (χ2v) is 3.84. The lowest BCUT2D eigenvalue weighted by Crippen LogP contribution is -2.35. The van der Waals surface area contributed by atoms with E-state index in [2.05, 4.69) is 28.1 Å². The molecule has 0 bridgehead atoms. The van der Waals surface area contributed by atoms with Crippen molar-refractivity contribution in [2.75, 3.05) is 13.1 Å². The van der Waals surface area contributed by atoms with Crippen LogP contribution in [0, 0.1) is 6.92 Å². The Balaban J connectivity index is 2.29. The van der Waals surface area contributed by atoms with Gasteiger partial charge in [-0.15, -0.1) is 0 Å². The number of nitrogens with zero attached hydrogens (tertiary/aromatic N) is 4. The number of rotatable bonds is 2. The van der Waals surface area contributed by atoms with Crippen LogP contribution >= 0.6 is 0 Å². The zero-order valence-electron chi connectivity index (χ0n) is 9.44. The molecule has 5 nitrogen and oxygen atoms in total. The third-order valence-electron chi connectivity index (χ3n) is 2.85. The van der Waals surface area contributed by atoms with Crippen molar-refractivity contribution in [3.63, 3.8) is 0 Å². The first-order chi connectivity index (χ1) is 7.13. The van der Waals surface area contributed by atoms with E-state index < -0.39 is 0 Å². The summed E-state index contributed by atoms with van der Waals surface area (Å²) in [5.41, 5.74) is 8.11. The van der Waals surface area contributed by atoms with Gasteiger partial charge in [0.2, 0.25) is 0 Å². The maximum Gasteiger partial charge on any atom is 0.191 e. The lowest BCUT2D eigenvalue weighted by molar-refractivity contribution is 0.363. The minimum absolute atomic E-state index is 0.267. The summed E-state index contributed by atoms with van der Waals surface area (Å²) in [5.74, 6) is 0.644. The molecule has 15 heavy (non-hydrogen) atoms. The van der Waals surface area contributed by atoms with Crippen molar-refractivity contribution < 1.29 is 0 Å². The van der Waals surface area contributed by atoms with Gasteiger partial charge in [0.25, 0.3) is 0 Å². The summed E-state index contributed by atoms with van der Waals surface area (Å²) in [5, 5.41) is 4.35. The Bertz CT molecular complexity index is 393. The predicted molar refractivity (Wildman–Crippen MR) is 59.6 cm³/mol. The molecule has 1 aliphatic heterocycles. The number of aryl methyl sites for hydroxylation is 2. The molecule has 1 aromatic heterocycles. The maximum atomic E-state index is 5.82. The van der Waals surface area contributed by atoms with Gasteiger partial charge in [0, 0.05) is 25.4 Å². The Morgan fingerprint density at radius 3 is 2.87 bits per heavy atom. The van der Waals surface area contributed by atoms with Crippen molar-refractivity contribution in [2.45, 2.75) is 19.9 Å². The maximum absolute atomic E-state index is 5.82. The third kappa shape index (κ3) is 1.58. The minimum atomic E-state index is 0.267. The number of aliphatic imine (C=N–C) groups is 1. The van der Waals surface area contributed by atoms with E-state index in [0.717, 1.165) is 18.8 Å². The van der Waals surface area contributed by atoms with Gasteiger partial charge in [0.15, 0.2) is 5.96 Å². The SMILES string of the molecule is CCN1C(N)=NCC1c1cn(C)nc1C. The molecule has 5 heteroatoms. The Labute approximate surface area is 89.6 Å². The topological polar surface area (TPSA) is 59.4 Å². The molecule has 0 aromatic carbocycles. The van der Waals surface area contributed by atoms with Gasteiger partial charge in [-0.05, 0) is 13.8 Å². The minimum Gasteiger partial charge on any atom is -0.370 e. The van der Waals surface area contributed by atoms with Crippen molar-refractivity contribution in [1.29, 1.82) is 0 Å². The standard InChI is InChI=1S/C10H17N5/c1-4-15-9(5-12-10(15)11)8-6-14(3)13-7(8)2/h6,9H,4-5H2,1-3H3,(H2,11,12). The Morgan fingerprint density at radius 2 is 2.33 bits per heavy atom. The highest BCUT2D eigenvalue weighted by Crippen LogP contribution is 2.26. The first-order valence-corrected chi connectivity index (χ1v) is 5.20. The summed E-state index contributed by atoms with van der Waals surface area (Å²) in [4.78, 5) is 6.39. The molecule has 2 heterocycles. The molecule has 0 amide bonds. The molecule has 2 rings (SSSR count). The highest BCUT2D eigenvalue weighted by molar-refractivity contribution is 5.80. The van der Waals surface area contributed by atoms with Crippen LogP contribution in [0.25, 0.3) is 0 Å². The summed E-state index contributed by atoms with van der Waals surface area (Å²) >= 11 is 0. The van der Waals surface area contributed by atoms with E-state index in [1.54, 1.807) is 0 Å². The van der Waals surface area contributed by atoms with E-state index in [9.17, 15) is 0 Å². The molecule has 0 aliphatic carbocycles. The van der Waals surface area contributed by atoms with Crippen LogP contribution in [0.15, 0.2) is 11.2 Å². The molecule has 1 aromatic rings. The molecule has 2 N–H and O–H groups in total. The van der Waals surface area contributed by atoms with Gasteiger partial charge in [0.1, 0.15) is 0 Å². The summed E-state index contributed by atoms with van der Waals surface area (Å²) in [6.07, 6.45) is 2.05. The first-order valence-electron chi connectivity index (χ1n) is 5.20. The van der Waals surface area contributed by atoms with Crippen molar-refractivity contribution in [3.8, 4) is 0 Å². The number of guanidine groups is 1. The van der Waals surface area contributed by atoms with Gasteiger partial charge >= 0.3 is 0 Å². The average Bonchev–Trinajstić information content (AvgIpc) is 2.69. The van der Waals surface area contributed by atoms with Crippen molar-refractivity contribution in [2.24, 2.45) is 17.8 Å². The van der Waals surface area contributed by atoms with Gasteiger partial charge in [-0.1, -0.05) is 0 Å². The van der Waals surface area contributed by atoms with Crippen LogP contribution in [0.4, 0.5) is 0 Å². The van der Waals surface area contributed by atoms with Gasteiger partial charge in [0.05, 0.1) is 18.3 Å². The molecule has 1 unspecified atom stereocenters. The van der Waals surface area contributed by atoms with Crippen LogP contribution in [0.5, 0.6) is 0 Å². The monoisotopic (exact) mass is 207 g/mol. The molecule has 0 radical (unpaired) electrons. The van der Waals surface area contributed by atoms with Gasteiger partial charge in [-0.2, -0.15) is 5.10 Å². The number of aromatic nitrogens is 2. The summed E-state index contributed by atoms with van der Waals surface area (Å²) < 4.78 is 1.84. The quantitative estimate of drug-likeness (QED) is 0.764. The molecule has 0 fully saturated rings. The Morgan fingerprint density at radius 1 is 1.60 bits per heavy atom. The molecule has 0 spiro atoms. The molecule has 82 valence electrons. The van der Waals surface area contributed by atoms with Crippen LogP contribution < -0.4 is 5.73 Å². The van der Waals surface area contributed by atoms with Gasteiger partial charge in [-0.25, -0.2) is 0 Å². The van der Waals surface area contributed by atoms with Crippen LogP contribution in [-0.2, 0) is 7.05 Å². The van der Waals surface area contributed by atoms with Crippen molar-refractivity contribution in [1.82, 2.24) is 14.7 Å². The van der Waals surface area contributed by atoms with E-state index in [-0.39, 0.29) is 6.04 Å². The first kappa shape index (κ1) is 10.0. The van der Waals surface area contributed by atoms with Crippen LogP contribution in [0.2, 0.25) is 0 Å². The summed E-state index contributed by atoms with van der Waals surface area (Å²) in [6.45, 7) is 5.74. The zero-order valence-corrected chi connectivity index (χ0v) is 9.44. The van der Waals surface area contributed by atoms with Crippen molar-refractivity contribution in [3.05, 3.63) is 17.5 Å². The lowest BCUT2D eigenvalue weighted by atomic mass is 10.1. The fourth-order valence-electron chi connectivity index (χ4n) is 2.12. The Hall–Kier alpha value is -1.52. The second kappa shape index (κ2) is 3.56.